The third-order valence-corrected chi connectivity index (χ3v) is 3.46. The van der Waals surface area contributed by atoms with E-state index in [0.717, 1.165) is 6.07 Å². The summed E-state index contributed by atoms with van der Waals surface area (Å²) in [6, 6.07) is 2.27. The monoisotopic (exact) mass is 329 g/mol. The third-order valence-electron chi connectivity index (χ3n) is 3.46. The summed E-state index contributed by atoms with van der Waals surface area (Å²) in [6.07, 6.45) is -4.58. The van der Waals surface area contributed by atoms with Crippen molar-refractivity contribution in [3.05, 3.63) is 34.4 Å². The fourth-order valence-corrected chi connectivity index (χ4v) is 2.50. The predicted molar refractivity (Wildman–Crippen MR) is 77.2 cm³/mol. The number of rotatable bonds is 1. The van der Waals surface area contributed by atoms with Crippen LogP contribution in [0.15, 0.2) is 12.1 Å². The summed E-state index contributed by atoms with van der Waals surface area (Å²) in [7, 11) is 0. The summed E-state index contributed by atoms with van der Waals surface area (Å²) in [6.45, 7) is 5.15. The molecule has 0 aromatic heterocycles. The van der Waals surface area contributed by atoms with Gasteiger partial charge in [-0.1, -0.05) is 0 Å². The molecule has 0 N–H and O–H groups in total. The van der Waals surface area contributed by atoms with E-state index in [4.69, 9.17) is 4.74 Å². The number of amides is 1. The van der Waals surface area contributed by atoms with Crippen LogP contribution in [0.3, 0.4) is 0 Å². The quantitative estimate of drug-likeness (QED) is 0.736. The van der Waals surface area contributed by atoms with Crippen molar-refractivity contribution in [3.63, 3.8) is 0 Å². The second-order valence-electron chi connectivity index (χ2n) is 6.47. The molecule has 0 bridgehead atoms. The van der Waals surface area contributed by atoms with Gasteiger partial charge in [0.05, 0.1) is 5.56 Å². The molecular weight excluding hydrogens is 311 g/mol. The average Bonchev–Trinajstić information content (AvgIpc) is 2.42. The van der Waals surface area contributed by atoms with E-state index in [-0.39, 0.29) is 30.6 Å². The first-order chi connectivity index (χ1) is 10.5. The maximum absolute atomic E-state index is 13.2. The summed E-state index contributed by atoms with van der Waals surface area (Å²) in [5, 5.41) is 0. The first-order valence-corrected chi connectivity index (χ1v) is 7.17. The number of alkyl halides is 3. The summed E-state index contributed by atoms with van der Waals surface area (Å²) in [5.41, 5.74) is -1.12. The molecule has 0 aliphatic carbocycles. The van der Waals surface area contributed by atoms with Crippen LogP contribution in [-0.2, 0) is 23.9 Å². The highest BCUT2D eigenvalue weighted by molar-refractivity contribution is 5.76. The molecule has 0 saturated carbocycles. The second-order valence-corrected chi connectivity index (χ2v) is 6.47. The zero-order chi connectivity index (χ0) is 17.4. The number of ether oxygens (including phenoxy) is 1. The van der Waals surface area contributed by atoms with Gasteiger partial charge in [-0.2, -0.15) is 13.2 Å². The first kappa shape index (κ1) is 17.3. The van der Waals surface area contributed by atoms with E-state index in [2.05, 4.69) is 0 Å². The third kappa shape index (κ3) is 4.03. The van der Waals surface area contributed by atoms with Gasteiger partial charge < -0.3 is 9.64 Å². The van der Waals surface area contributed by atoms with Gasteiger partial charge >= 0.3 is 12.3 Å². The van der Waals surface area contributed by atoms with Gasteiger partial charge in [-0.05, 0) is 50.5 Å². The van der Waals surface area contributed by atoms with Crippen molar-refractivity contribution >= 4 is 12.4 Å². The van der Waals surface area contributed by atoms with Gasteiger partial charge in [0.25, 0.3) is 0 Å². The minimum absolute atomic E-state index is 0.0122. The number of fused-ring (bicyclic) bond motifs is 1. The second kappa shape index (κ2) is 5.86. The van der Waals surface area contributed by atoms with Gasteiger partial charge in [0.2, 0.25) is 0 Å². The Morgan fingerprint density at radius 1 is 1.26 bits per heavy atom. The largest absolute Gasteiger partial charge is 0.444 e. The van der Waals surface area contributed by atoms with Crippen LogP contribution in [0.5, 0.6) is 0 Å². The van der Waals surface area contributed by atoms with Gasteiger partial charge in [-0.3, -0.25) is 4.79 Å². The molecule has 0 fully saturated rings. The normalized spacial score (nSPS) is 15.1. The molecule has 1 aliphatic rings. The SMILES string of the molecule is CC(C)(C)OC(=O)N1CCc2cc(C=O)cc(C(F)(F)F)c2C1. The van der Waals surface area contributed by atoms with Crippen LogP contribution in [0.1, 0.15) is 47.8 Å². The summed E-state index contributed by atoms with van der Waals surface area (Å²) in [4.78, 5) is 24.2. The van der Waals surface area contributed by atoms with E-state index >= 15 is 0 Å². The molecule has 1 amide bonds. The number of carbonyl (C=O) groups is 2. The molecule has 2 rings (SSSR count). The van der Waals surface area contributed by atoms with Crippen molar-refractivity contribution in [2.24, 2.45) is 0 Å². The molecule has 0 saturated heterocycles. The van der Waals surface area contributed by atoms with E-state index in [9.17, 15) is 22.8 Å². The van der Waals surface area contributed by atoms with Crippen LogP contribution in [0.25, 0.3) is 0 Å². The van der Waals surface area contributed by atoms with E-state index in [1.54, 1.807) is 20.8 Å². The highest BCUT2D eigenvalue weighted by atomic mass is 19.4. The Hall–Kier alpha value is -2.05. The van der Waals surface area contributed by atoms with Crippen molar-refractivity contribution in [1.29, 1.82) is 0 Å². The molecule has 0 spiro atoms. The molecule has 4 nitrogen and oxygen atoms in total. The van der Waals surface area contributed by atoms with E-state index in [1.807, 2.05) is 0 Å². The van der Waals surface area contributed by atoms with Gasteiger partial charge in [-0.15, -0.1) is 0 Å². The van der Waals surface area contributed by atoms with Crippen LogP contribution in [0, 0.1) is 0 Å². The molecule has 1 aromatic carbocycles. The van der Waals surface area contributed by atoms with Crippen molar-refractivity contribution in [2.75, 3.05) is 6.54 Å². The van der Waals surface area contributed by atoms with Crippen LogP contribution in [0.4, 0.5) is 18.0 Å². The Labute approximate surface area is 132 Å². The zero-order valence-electron chi connectivity index (χ0n) is 13.2. The van der Waals surface area contributed by atoms with Crippen LogP contribution >= 0.6 is 0 Å². The number of aldehydes is 1. The molecular formula is C16H18F3NO3. The Balaban J connectivity index is 2.36. The van der Waals surface area contributed by atoms with E-state index in [1.165, 1.54) is 11.0 Å². The van der Waals surface area contributed by atoms with Crippen molar-refractivity contribution in [1.82, 2.24) is 4.90 Å². The van der Waals surface area contributed by atoms with Gasteiger partial charge in [0.1, 0.15) is 11.9 Å². The molecule has 7 heteroatoms. The Morgan fingerprint density at radius 3 is 2.43 bits per heavy atom. The lowest BCUT2D eigenvalue weighted by Crippen LogP contribution is -2.40. The van der Waals surface area contributed by atoms with Gasteiger partial charge in [0.15, 0.2) is 0 Å². The summed E-state index contributed by atoms with van der Waals surface area (Å²) < 4.78 is 44.9. The molecule has 0 radical (unpaired) electrons. The highest BCUT2D eigenvalue weighted by Crippen LogP contribution is 2.36. The summed E-state index contributed by atoms with van der Waals surface area (Å²) >= 11 is 0. The zero-order valence-corrected chi connectivity index (χ0v) is 13.2. The lowest BCUT2D eigenvalue weighted by molar-refractivity contribution is -0.138. The number of hydrogen-bond donors (Lipinski definition) is 0. The highest BCUT2D eigenvalue weighted by Gasteiger charge is 2.37. The van der Waals surface area contributed by atoms with Crippen LogP contribution in [0.2, 0.25) is 0 Å². The lowest BCUT2D eigenvalue weighted by atomic mass is 9.92. The van der Waals surface area contributed by atoms with Crippen molar-refractivity contribution < 1.29 is 27.5 Å². The van der Waals surface area contributed by atoms with Crippen molar-refractivity contribution in [2.45, 2.75) is 45.5 Å². The fourth-order valence-electron chi connectivity index (χ4n) is 2.50. The first-order valence-electron chi connectivity index (χ1n) is 7.17. The topological polar surface area (TPSA) is 46.6 Å². The maximum Gasteiger partial charge on any atom is 0.416 e. The van der Waals surface area contributed by atoms with Gasteiger partial charge in [0, 0.05) is 18.7 Å². The van der Waals surface area contributed by atoms with E-state index in [0.29, 0.717) is 11.8 Å². The molecule has 1 aromatic rings. The van der Waals surface area contributed by atoms with Crippen molar-refractivity contribution in [3.8, 4) is 0 Å². The Kier molecular flexibility index (Phi) is 4.41. The molecule has 0 atom stereocenters. The minimum atomic E-state index is -4.58. The number of carbonyl (C=O) groups excluding carboxylic acids is 2. The number of halogens is 3. The van der Waals surface area contributed by atoms with Crippen LogP contribution < -0.4 is 0 Å². The minimum Gasteiger partial charge on any atom is -0.444 e. The Morgan fingerprint density at radius 2 is 1.91 bits per heavy atom. The molecule has 0 unspecified atom stereocenters. The van der Waals surface area contributed by atoms with Gasteiger partial charge in [-0.25, -0.2) is 4.79 Å². The fraction of sp³-hybridized carbons (Fsp3) is 0.500. The summed E-state index contributed by atoms with van der Waals surface area (Å²) in [5.74, 6) is 0. The standard InChI is InChI=1S/C16H18F3NO3/c1-15(2,3)23-14(22)20-5-4-11-6-10(9-21)7-13(12(11)8-20)16(17,18)19/h6-7,9H,4-5,8H2,1-3H3. The number of nitrogens with zero attached hydrogens (tertiary/aromatic N) is 1. The number of benzene rings is 1. The van der Waals surface area contributed by atoms with E-state index < -0.39 is 23.4 Å². The Bertz CT molecular complexity index is 633. The molecule has 126 valence electrons. The number of hydrogen-bond acceptors (Lipinski definition) is 3. The smallest absolute Gasteiger partial charge is 0.416 e. The molecule has 23 heavy (non-hydrogen) atoms. The average molecular weight is 329 g/mol. The maximum atomic E-state index is 13.2. The lowest BCUT2D eigenvalue weighted by Gasteiger charge is -2.32. The molecule has 1 heterocycles. The predicted octanol–water partition coefficient (Wildman–Crippen LogP) is 3.81. The van der Waals surface area contributed by atoms with Crippen LogP contribution in [-0.4, -0.2) is 29.4 Å². The molecule has 1 aliphatic heterocycles.